The minimum Gasteiger partial charge on any atom is -0.497 e. The Morgan fingerprint density at radius 3 is 2.79 bits per heavy atom. The number of nitrogens with zero attached hydrogens (tertiary/aromatic N) is 1. The average Bonchev–Trinajstić information content (AvgIpc) is 3.08. The van der Waals surface area contributed by atoms with Crippen LogP contribution in [0, 0.1) is 0 Å². The molecule has 2 aromatic carbocycles. The van der Waals surface area contributed by atoms with Gasteiger partial charge in [0, 0.05) is 30.6 Å². The van der Waals surface area contributed by atoms with Crippen LogP contribution in [0.4, 0.5) is 0 Å². The summed E-state index contributed by atoms with van der Waals surface area (Å²) < 4.78 is 16.7. The first-order chi connectivity index (χ1) is 13.6. The third-order valence-electron chi connectivity index (χ3n) is 4.64. The van der Waals surface area contributed by atoms with E-state index in [2.05, 4.69) is 34.7 Å². The minimum atomic E-state index is 0.213. The molecule has 0 amide bonds. The fourth-order valence-electron chi connectivity index (χ4n) is 3.27. The Labute approximate surface area is 166 Å². The second-order valence-electron chi connectivity index (χ2n) is 6.80. The molecular formula is C22H29N3O3. The van der Waals surface area contributed by atoms with E-state index < -0.39 is 0 Å². The fourth-order valence-corrected chi connectivity index (χ4v) is 3.27. The minimum absolute atomic E-state index is 0.213. The predicted octanol–water partition coefficient (Wildman–Crippen LogP) is 3.28. The zero-order chi connectivity index (χ0) is 19.9. The summed E-state index contributed by atoms with van der Waals surface area (Å²) in [6, 6.07) is 12.1. The molecule has 0 spiro atoms. The highest BCUT2D eigenvalue weighted by Gasteiger charge is 2.21. The summed E-state index contributed by atoms with van der Waals surface area (Å²) in [7, 11) is 3.37. The quantitative estimate of drug-likeness (QED) is 0.567. The van der Waals surface area contributed by atoms with Gasteiger partial charge >= 0.3 is 0 Å². The summed E-state index contributed by atoms with van der Waals surface area (Å²) in [6.45, 7) is 6.07. The number of ether oxygens (including phenoxy) is 3. The van der Waals surface area contributed by atoms with Crippen molar-refractivity contribution in [1.29, 1.82) is 0 Å². The molecule has 0 radical (unpaired) electrons. The van der Waals surface area contributed by atoms with Crippen molar-refractivity contribution >= 4 is 5.96 Å². The Bertz CT molecular complexity index is 836. The van der Waals surface area contributed by atoms with Gasteiger partial charge < -0.3 is 24.8 Å². The van der Waals surface area contributed by atoms with E-state index in [9.17, 15) is 0 Å². The second kappa shape index (κ2) is 9.35. The van der Waals surface area contributed by atoms with E-state index in [1.165, 1.54) is 5.56 Å². The van der Waals surface area contributed by atoms with Crippen molar-refractivity contribution in [3.8, 4) is 17.2 Å². The van der Waals surface area contributed by atoms with Crippen molar-refractivity contribution in [3.63, 3.8) is 0 Å². The van der Waals surface area contributed by atoms with Gasteiger partial charge in [-0.3, -0.25) is 0 Å². The summed E-state index contributed by atoms with van der Waals surface area (Å²) in [4.78, 5) is 4.68. The normalized spacial score (nSPS) is 15.6. The maximum absolute atomic E-state index is 5.89. The van der Waals surface area contributed by atoms with E-state index in [-0.39, 0.29) is 6.10 Å². The first-order valence-electron chi connectivity index (χ1n) is 9.64. The van der Waals surface area contributed by atoms with Crippen molar-refractivity contribution in [1.82, 2.24) is 10.6 Å². The molecule has 2 N–H and O–H groups in total. The third kappa shape index (κ3) is 4.88. The lowest BCUT2D eigenvalue weighted by Gasteiger charge is -2.15. The van der Waals surface area contributed by atoms with Crippen LogP contribution < -0.4 is 24.8 Å². The number of fused-ring (bicyclic) bond motifs is 1. The van der Waals surface area contributed by atoms with Crippen LogP contribution in [0.25, 0.3) is 0 Å². The number of methoxy groups -OCH3 is 2. The number of hydrogen-bond donors (Lipinski definition) is 2. The van der Waals surface area contributed by atoms with Gasteiger partial charge in [-0.2, -0.15) is 0 Å². The van der Waals surface area contributed by atoms with Gasteiger partial charge in [-0.1, -0.05) is 12.1 Å². The molecule has 1 unspecified atom stereocenters. The van der Waals surface area contributed by atoms with E-state index >= 15 is 0 Å². The van der Waals surface area contributed by atoms with Gasteiger partial charge in [-0.05, 0) is 43.7 Å². The topological polar surface area (TPSA) is 64.1 Å². The Morgan fingerprint density at radius 2 is 2.04 bits per heavy atom. The first kappa shape index (κ1) is 19.9. The molecule has 28 heavy (non-hydrogen) atoms. The van der Waals surface area contributed by atoms with Gasteiger partial charge in [0.1, 0.15) is 23.4 Å². The van der Waals surface area contributed by atoms with Crippen LogP contribution in [0.5, 0.6) is 17.2 Å². The van der Waals surface area contributed by atoms with Crippen molar-refractivity contribution < 1.29 is 14.2 Å². The Morgan fingerprint density at radius 1 is 1.18 bits per heavy atom. The van der Waals surface area contributed by atoms with Crippen LogP contribution >= 0.6 is 0 Å². The summed E-state index contributed by atoms with van der Waals surface area (Å²) >= 11 is 0. The fraction of sp³-hybridized carbons (Fsp3) is 0.409. The number of benzene rings is 2. The molecule has 150 valence electrons. The molecule has 6 nitrogen and oxygen atoms in total. The molecular weight excluding hydrogens is 354 g/mol. The van der Waals surface area contributed by atoms with Crippen molar-refractivity contribution in [3.05, 3.63) is 53.1 Å². The van der Waals surface area contributed by atoms with E-state index in [0.29, 0.717) is 13.1 Å². The summed E-state index contributed by atoms with van der Waals surface area (Å²) in [6.07, 6.45) is 1.13. The third-order valence-corrected chi connectivity index (χ3v) is 4.64. The molecule has 1 aliphatic heterocycles. The molecule has 0 aliphatic carbocycles. The van der Waals surface area contributed by atoms with E-state index in [4.69, 9.17) is 14.2 Å². The van der Waals surface area contributed by atoms with Gasteiger partial charge in [0.25, 0.3) is 0 Å². The van der Waals surface area contributed by atoms with E-state index in [1.807, 2.05) is 31.2 Å². The average molecular weight is 383 g/mol. The van der Waals surface area contributed by atoms with Gasteiger partial charge in [-0.25, -0.2) is 4.99 Å². The van der Waals surface area contributed by atoms with Crippen LogP contribution in [0.1, 0.15) is 30.5 Å². The van der Waals surface area contributed by atoms with Gasteiger partial charge in [0.15, 0.2) is 5.96 Å². The standard InChI is InChI=1S/C22H29N3O3/c1-5-23-22(24-13-16-7-6-8-19(10-16)26-3)25-14-18-12-21-17(9-15(2)28-21)11-20(18)27-4/h6-8,10-12,15H,5,9,13-14H2,1-4H3,(H2,23,24,25). The lowest BCUT2D eigenvalue weighted by molar-refractivity contribution is 0.254. The maximum atomic E-state index is 5.89. The van der Waals surface area contributed by atoms with Crippen LogP contribution in [0.3, 0.4) is 0 Å². The largest absolute Gasteiger partial charge is 0.497 e. The van der Waals surface area contributed by atoms with Crippen molar-refractivity contribution in [2.45, 2.75) is 39.5 Å². The number of hydrogen-bond acceptors (Lipinski definition) is 4. The molecule has 1 heterocycles. The summed E-state index contributed by atoms with van der Waals surface area (Å²) in [5, 5.41) is 6.67. The molecule has 6 heteroatoms. The van der Waals surface area contributed by atoms with Gasteiger partial charge in [0.2, 0.25) is 0 Å². The molecule has 3 rings (SSSR count). The molecule has 1 aliphatic rings. The Kier molecular flexibility index (Phi) is 6.63. The van der Waals surface area contributed by atoms with E-state index in [0.717, 1.165) is 47.3 Å². The molecule has 0 saturated carbocycles. The maximum Gasteiger partial charge on any atom is 0.191 e. The zero-order valence-electron chi connectivity index (χ0n) is 17.0. The molecule has 0 saturated heterocycles. The van der Waals surface area contributed by atoms with Crippen LogP contribution in [-0.4, -0.2) is 32.8 Å². The van der Waals surface area contributed by atoms with Crippen molar-refractivity contribution in [2.75, 3.05) is 20.8 Å². The predicted molar refractivity (Wildman–Crippen MR) is 111 cm³/mol. The first-order valence-corrected chi connectivity index (χ1v) is 9.64. The van der Waals surface area contributed by atoms with Gasteiger partial charge in [-0.15, -0.1) is 0 Å². The molecule has 1 atom stereocenters. The number of aliphatic imine (C=N–C) groups is 1. The summed E-state index contributed by atoms with van der Waals surface area (Å²) in [5.41, 5.74) is 3.34. The molecule has 0 bridgehead atoms. The lowest BCUT2D eigenvalue weighted by atomic mass is 10.1. The molecule has 0 aromatic heterocycles. The summed E-state index contributed by atoms with van der Waals surface area (Å²) in [5.74, 6) is 3.40. The number of rotatable bonds is 7. The van der Waals surface area contributed by atoms with Crippen LogP contribution in [0.2, 0.25) is 0 Å². The zero-order valence-corrected chi connectivity index (χ0v) is 17.0. The van der Waals surface area contributed by atoms with E-state index in [1.54, 1.807) is 14.2 Å². The molecule has 0 fully saturated rings. The smallest absolute Gasteiger partial charge is 0.191 e. The monoisotopic (exact) mass is 383 g/mol. The van der Waals surface area contributed by atoms with Crippen molar-refractivity contribution in [2.24, 2.45) is 4.99 Å². The lowest BCUT2D eigenvalue weighted by Crippen LogP contribution is -2.36. The Balaban J connectivity index is 1.70. The molecule has 2 aromatic rings. The second-order valence-corrected chi connectivity index (χ2v) is 6.80. The highest BCUT2D eigenvalue weighted by molar-refractivity contribution is 5.79. The van der Waals surface area contributed by atoms with Crippen LogP contribution in [0.15, 0.2) is 41.4 Å². The van der Waals surface area contributed by atoms with Gasteiger partial charge in [0.05, 0.1) is 20.8 Å². The Hall–Kier alpha value is -2.89. The van der Waals surface area contributed by atoms with Crippen LogP contribution in [-0.2, 0) is 19.5 Å². The number of nitrogens with one attached hydrogen (secondary N) is 2. The SMILES string of the molecule is CCNC(=NCc1cccc(OC)c1)NCc1cc2c(cc1OC)CC(C)O2. The number of guanidine groups is 1. The highest BCUT2D eigenvalue weighted by atomic mass is 16.5. The highest BCUT2D eigenvalue weighted by Crippen LogP contribution is 2.34.